The van der Waals surface area contributed by atoms with Crippen LogP contribution in [0.2, 0.25) is 0 Å². The van der Waals surface area contributed by atoms with Crippen molar-refractivity contribution < 1.29 is 9.90 Å². The molecule has 4 N–H and O–H groups in total. The largest absolute Gasteiger partial charge is 0.507 e. The predicted octanol–water partition coefficient (Wildman–Crippen LogP) is 2.18. The van der Waals surface area contributed by atoms with Crippen LogP contribution in [0.25, 0.3) is 10.8 Å². The van der Waals surface area contributed by atoms with Gasteiger partial charge in [-0.2, -0.15) is 11.8 Å². The summed E-state index contributed by atoms with van der Waals surface area (Å²) in [6.45, 7) is 0.570. The SMILES string of the molecule is NCCSCC(=O)Nc1cccc2c(O)cccc12. The van der Waals surface area contributed by atoms with E-state index < -0.39 is 0 Å². The van der Waals surface area contributed by atoms with Crippen molar-refractivity contribution in [2.45, 2.75) is 0 Å². The molecular weight excluding hydrogens is 260 g/mol. The summed E-state index contributed by atoms with van der Waals surface area (Å²) in [7, 11) is 0. The Hall–Kier alpha value is -1.72. The Kier molecular flexibility index (Phi) is 4.65. The van der Waals surface area contributed by atoms with Crippen LogP contribution in [0.15, 0.2) is 36.4 Å². The molecule has 0 fully saturated rings. The second-order valence-corrected chi connectivity index (χ2v) is 5.17. The number of hydrogen-bond donors (Lipinski definition) is 3. The minimum Gasteiger partial charge on any atom is -0.507 e. The van der Waals surface area contributed by atoms with Crippen LogP contribution in [0.4, 0.5) is 5.69 Å². The van der Waals surface area contributed by atoms with E-state index in [1.165, 1.54) is 11.8 Å². The number of phenols is 1. The molecular formula is C14H16N2O2S. The Morgan fingerprint density at radius 3 is 2.74 bits per heavy atom. The van der Waals surface area contributed by atoms with Gasteiger partial charge in [-0.15, -0.1) is 0 Å². The van der Waals surface area contributed by atoms with Crippen LogP contribution in [0.3, 0.4) is 0 Å². The number of fused-ring (bicyclic) bond motifs is 1. The monoisotopic (exact) mass is 276 g/mol. The van der Waals surface area contributed by atoms with Crippen LogP contribution in [0, 0.1) is 0 Å². The number of phenolic OH excluding ortho intramolecular Hbond substituents is 1. The third-order valence-electron chi connectivity index (χ3n) is 2.67. The summed E-state index contributed by atoms with van der Waals surface area (Å²) in [4.78, 5) is 11.8. The van der Waals surface area contributed by atoms with Gasteiger partial charge in [0.1, 0.15) is 5.75 Å². The van der Waals surface area contributed by atoms with Crippen molar-refractivity contribution in [1.29, 1.82) is 0 Å². The molecule has 0 saturated heterocycles. The predicted molar refractivity (Wildman–Crippen MR) is 80.6 cm³/mol. The summed E-state index contributed by atoms with van der Waals surface area (Å²) >= 11 is 1.50. The van der Waals surface area contributed by atoms with Crippen molar-refractivity contribution in [3.63, 3.8) is 0 Å². The Morgan fingerprint density at radius 2 is 1.95 bits per heavy atom. The quantitative estimate of drug-likeness (QED) is 0.732. The van der Waals surface area contributed by atoms with E-state index in [2.05, 4.69) is 5.32 Å². The molecule has 0 atom stereocenters. The maximum Gasteiger partial charge on any atom is 0.234 e. The van der Waals surface area contributed by atoms with E-state index in [1.54, 1.807) is 12.1 Å². The first kappa shape index (κ1) is 13.7. The molecule has 0 heterocycles. The van der Waals surface area contributed by atoms with Crippen molar-refractivity contribution in [3.05, 3.63) is 36.4 Å². The Labute approximate surface area is 116 Å². The number of rotatable bonds is 5. The highest BCUT2D eigenvalue weighted by molar-refractivity contribution is 7.99. The number of nitrogens with two attached hydrogens (primary N) is 1. The first-order valence-corrected chi connectivity index (χ1v) is 7.16. The maximum absolute atomic E-state index is 11.8. The van der Waals surface area contributed by atoms with E-state index in [1.807, 2.05) is 24.3 Å². The fraction of sp³-hybridized carbons (Fsp3) is 0.214. The zero-order valence-corrected chi connectivity index (χ0v) is 11.2. The summed E-state index contributed by atoms with van der Waals surface area (Å²) < 4.78 is 0. The van der Waals surface area contributed by atoms with E-state index in [4.69, 9.17) is 5.73 Å². The minimum absolute atomic E-state index is 0.0608. The number of carbonyl (C=O) groups is 1. The average molecular weight is 276 g/mol. The molecule has 0 saturated carbocycles. The van der Waals surface area contributed by atoms with Crippen LogP contribution >= 0.6 is 11.8 Å². The van der Waals surface area contributed by atoms with E-state index in [9.17, 15) is 9.90 Å². The number of nitrogens with one attached hydrogen (secondary N) is 1. The molecule has 0 bridgehead atoms. The summed E-state index contributed by atoms with van der Waals surface area (Å²) in [6, 6.07) is 10.7. The zero-order valence-electron chi connectivity index (χ0n) is 10.4. The molecule has 0 aliphatic carbocycles. The topological polar surface area (TPSA) is 75.4 Å². The lowest BCUT2D eigenvalue weighted by Crippen LogP contribution is -2.15. The van der Waals surface area contributed by atoms with Gasteiger partial charge in [0, 0.05) is 28.8 Å². The van der Waals surface area contributed by atoms with Crippen LogP contribution in [0.5, 0.6) is 5.75 Å². The van der Waals surface area contributed by atoms with Crippen LogP contribution in [-0.4, -0.2) is 29.1 Å². The smallest absolute Gasteiger partial charge is 0.234 e. The summed E-state index contributed by atoms with van der Waals surface area (Å²) in [6.07, 6.45) is 0. The molecule has 0 radical (unpaired) electrons. The van der Waals surface area contributed by atoms with Crippen molar-refractivity contribution >= 4 is 34.1 Å². The molecule has 0 unspecified atom stereocenters. The first-order valence-electron chi connectivity index (χ1n) is 6.00. The van der Waals surface area contributed by atoms with Gasteiger partial charge in [-0.05, 0) is 12.1 Å². The molecule has 19 heavy (non-hydrogen) atoms. The number of benzene rings is 2. The minimum atomic E-state index is -0.0608. The van der Waals surface area contributed by atoms with Gasteiger partial charge in [0.25, 0.3) is 0 Å². The van der Waals surface area contributed by atoms with Gasteiger partial charge in [0.15, 0.2) is 0 Å². The average Bonchev–Trinajstić information content (AvgIpc) is 2.40. The van der Waals surface area contributed by atoms with E-state index >= 15 is 0 Å². The van der Waals surface area contributed by atoms with E-state index in [0.29, 0.717) is 18.0 Å². The molecule has 0 aromatic heterocycles. The second-order valence-electron chi connectivity index (χ2n) is 4.07. The highest BCUT2D eigenvalue weighted by Crippen LogP contribution is 2.29. The summed E-state index contributed by atoms with van der Waals surface area (Å²) in [5.41, 5.74) is 6.09. The Bertz CT molecular complexity index is 587. The van der Waals surface area contributed by atoms with Gasteiger partial charge in [0.2, 0.25) is 5.91 Å². The second kappa shape index (κ2) is 6.45. The fourth-order valence-corrected chi connectivity index (χ4v) is 2.41. The van der Waals surface area contributed by atoms with Crippen LogP contribution in [-0.2, 0) is 4.79 Å². The number of anilines is 1. The van der Waals surface area contributed by atoms with E-state index in [0.717, 1.165) is 16.5 Å². The van der Waals surface area contributed by atoms with Gasteiger partial charge < -0.3 is 16.2 Å². The molecule has 4 nitrogen and oxygen atoms in total. The molecule has 2 aromatic carbocycles. The molecule has 2 aromatic rings. The molecule has 0 aliphatic rings. The summed E-state index contributed by atoms with van der Waals surface area (Å²) in [5.74, 6) is 1.30. The number of carbonyl (C=O) groups excluding carboxylic acids is 1. The summed E-state index contributed by atoms with van der Waals surface area (Å²) in [5, 5.41) is 14.2. The highest BCUT2D eigenvalue weighted by Gasteiger charge is 2.07. The van der Waals surface area contributed by atoms with Gasteiger partial charge in [0.05, 0.1) is 5.75 Å². The standard InChI is InChI=1S/C14H16N2O2S/c15-7-8-19-9-14(18)16-12-5-1-4-11-10(12)3-2-6-13(11)17/h1-6,17H,7-9,15H2,(H,16,18). The Morgan fingerprint density at radius 1 is 1.21 bits per heavy atom. The number of aromatic hydroxyl groups is 1. The highest BCUT2D eigenvalue weighted by atomic mass is 32.2. The normalized spacial score (nSPS) is 10.6. The molecule has 0 spiro atoms. The number of hydrogen-bond acceptors (Lipinski definition) is 4. The van der Waals surface area contributed by atoms with E-state index in [-0.39, 0.29) is 11.7 Å². The van der Waals surface area contributed by atoms with Crippen molar-refractivity contribution in [2.75, 3.05) is 23.4 Å². The molecule has 1 amide bonds. The van der Waals surface area contributed by atoms with Gasteiger partial charge >= 0.3 is 0 Å². The number of amides is 1. The zero-order chi connectivity index (χ0) is 13.7. The van der Waals surface area contributed by atoms with Crippen LogP contribution < -0.4 is 11.1 Å². The third kappa shape index (κ3) is 3.39. The molecule has 0 aliphatic heterocycles. The molecule has 5 heteroatoms. The number of thioether (sulfide) groups is 1. The van der Waals surface area contributed by atoms with Gasteiger partial charge in [-0.3, -0.25) is 4.79 Å². The maximum atomic E-state index is 11.8. The van der Waals surface area contributed by atoms with Gasteiger partial charge in [-0.25, -0.2) is 0 Å². The lowest BCUT2D eigenvalue weighted by molar-refractivity contribution is -0.113. The lowest BCUT2D eigenvalue weighted by atomic mass is 10.1. The fourth-order valence-electron chi connectivity index (χ4n) is 1.84. The Balaban J connectivity index is 2.17. The lowest BCUT2D eigenvalue weighted by Gasteiger charge is -2.09. The third-order valence-corrected chi connectivity index (χ3v) is 3.66. The van der Waals surface area contributed by atoms with Crippen molar-refractivity contribution in [1.82, 2.24) is 0 Å². The van der Waals surface area contributed by atoms with Crippen molar-refractivity contribution in [3.8, 4) is 5.75 Å². The first-order chi connectivity index (χ1) is 9.22. The van der Waals surface area contributed by atoms with Gasteiger partial charge in [-0.1, -0.05) is 24.3 Å². The molecule has 100 valence electrons. The van der Waals surface area contributed by atoms with Crippen LogP contribution in [0.1, 0.15) is 0 Å². The van der Waals surface area contributed by atoms with Crippen molar-refractivity contribution in [2.24, 2.45) is 5.73 Å². The molecule has 2 rings (SSSR count).